The number of carbonyl (C=O) groups is 2. The maximum atomic E-state index is 10.3. The Bertz CT molecular complexity index is 442. The van der Waals surface area contributed by atoms with Crippen molar-refractivity contribution in [1.29, 1.82) is 0 Å². The summed E-state index contributed by atoms with van der Waals surface area (Å²) in [6.45, 7) is 0. The minimum atomic E-state index is -0.132. The van der Waals surface area contributed by atoms with Gasteiger partial charge in [0.15, 0.2) is 0 Å². The third kappa shape index (κ3) is 5.10. The molecule has 0 bridgehead atoms. The lowest BCUT2D eigenvalue weighted by Gasteiger charge is -2.13. The highest BCUT2D eigenvalue weighted by atomic mass is 16.3. The van der Waals surface area contributed by atoms with Gasteiger partial charge in [-0.2, -0.15) is 0 Å². The Labute approximate surface area is 124 Å². The first-order valence-corrected chi connectivity index (χ1v) is 7.24. The van der Waals surface area contributed by atoms with E-state index in [-0.39, 0.29) is 17.2 Å². The van der Waals surface area contributed by atoms with Crippen LogP contribution in [0.4, 0.5) is 0 Å². The van der Waals surface area contributed by atoms with E-state index in [1.54, 1.807) is 0 Å². The van der Waals surface area contributed by atoms with Crippen molar-refractivity contribution in [3.8, 4) is 17.2 Å². The molecule has 0 heterocycles. The zero-order chi connectivity index (χ0) is 15.7. The van der Waals surface area contributed by atoms with Crippen LogP contribution in [0.15, 0.2) is 6.07 Å². The molecule has 0 saturated carbocycles. The molecule has 0 aromatic heterocycles. The second-order valence-corrected chi connectivity index (χ2v) is 5.05. The van der Waals surface area contributed by atoms with Gasteiger partial charge in [-0.25, -0.2) is 0 Å². The van der Waals surface area contributed by atoms with Crippen LogP contribution in [-0.2, 0) is 22.4 Å². The number of carbonyl (C=O) groups excluding carboxylic acids is 2. The zero-order valence-corrected chi connectivity index (χ0v) is 12.0. The molecule has 1 aromatic carbocycles. The third-order valence-corrected chi connectivity index (χ3v) is 3.46. The van der Waals surface area contributed by atoms with Crippen LogP contribution in [0, 0.1) is 0 Å². The molecule has 0 unspecified atom stereocenters. The first-order chi connectivity index (χ1) is 10.1. The highest BCUT2D eigenvalue weighted by Gasteiger charge is 2.16. The SMILES string of the molecule is O=CCCCCc1c(O)cc(O)c(CCCCC=O)c1O. The molecule has 0 amide bonds. The second-order valence-electron chi connectivity index (χ2n) is 5.05. The summed E-state index contributed by atoms with van der Waals surface area (Å²) in [5.41, 5.74) is 0.813. The summed E-state index contributed by atoms with van der Waals surface area (Å²) >= 11 is 0. The van der Waals surface area contributed by atoms with Crippen LogP contribution < -0.4 is 0 Å². The fourth-order valence-corrected chi connectivity index (χ4v) is 2.28. The molecule has 0 aliphatic rings. The van der Waals surface area contributed by atoms with Crippen LogP contribution in [0.5, 0.6) is 17.2 Å². The topological polar surface area (TPSA) is 94.8 Å². The number of unbranched alkanes of at least 4 members (excludes halogenated alkanes) is 4. The zero-order valence-electron chi connectivity index (χ0n) is 12.0. The van der Waals surface area contributed by atoms with Crippen molar-refractivity contribution in [1.82, 2.24) is 0 Å². The lowest BCUT2D eigenvalue weighted by molar-refractivity contribution is -0.108. The lowest BCUT2D eigenvalue weighted by atomic mass is 9.97. The number of rotatable bonds is 10. The van der Waals surface area contributed by atoms with Crippen molar-refractivity contribution in [3.05, 3.63) is 17.2 Å². The van der Waals surface area contributed by atoms with E-state index in [1.165, 1.54) is 6.07 Å². The van der Waals surface area contributed by atoms with E-state index < -0.39 is 0 Å². The quantitative estimate of drug-likeness (QED) is 0.455. The summed E-state index contributed by atoms with van der Waals surface area (Å²) < 4.78 is 0. The number of aromatic hydroxyl groups is 3. The normalized spacial score (nSPS) is 10.5. The number of hydrogen-bond acceptors (Lipinski definition) is 5. The molecule has 1 aromatic rings. The van der Waals surface area contributed by atoms with Gasteiger partial charge in [0.1, 0.15) is 29.8 Å². The summed E-state index contributed by atoms with van der Waals surface area (Å²) in [4.78, 5) is 20.5. The molecule has 116 valence electrons. The standard InChI is InChI=1S/C16H22O5/c17-9-5-1-3-7-12-14(19)11-15(20)13(16(12)21)8-4-2-6-10-18/h9-11,19-21H,1-8H2. The minimum absolute atomic E-state index is 0.0790. The highest BCUT2D eigenvalue weighted by Crippen LogP contribution is 2.39. The van der Waals surface area contributed by atoms with Crippen LogP contribution in [-0.4, -0.2) is 27.9 Å². The maximum Gasteiger partial charge on any atom is 0.129 e. The molecule has 0 aliphatic heterocycles. The largest absolute Gasteiger partial charge is 0.507 e. The summed E-state index contributed by atoms with van der Waals surface area (Å²) in [6, 6.07) is 1.24. The van der Waals surface area contributed by atoms with E-state index >= 15 is 0 Å². The average Bonchev–Trinajstić information content (AvgIpc) is 2.45. The predicted octanol–water partition coefficient (Wildman–Crippen LogP) is 2.63. The van der Waals surface area contributed by atoms with Crippen LogP contribution in [0.1, 0.15) is 49.7 Å². The Hall–Kier alpha value is -2.04. The Morgan fingerprint density at radius 2 is 1.19 bits per heavy atom. The molecular weight excluding hydrogens is 272 g/mol. The molecule has 0 radical (unpaired) electrons. The molecule has 1 rings (SSSR count). The van der Waals surface area contributed by atoms with E-state index in [4.69, 9.17) is 0 Å². The van der Waals surface area contributed by atoms with Crippen molar-refractivity contribution >= 4 is 12.6 Å². The summed E-state index contributed by atoms with van der Waals surface area (Å²) in [5.74, 6) is -0.342. The summed E-state index contributed by atoms with van der Waals surface area (Å²) in [7, 11) is 0. The third-order valence-electron chi connectivity index (χ3n) is 3.46. The van der Waals surface area contributed by atoms with Gasteiger partial charge >= 0.3 is 0 Å². The molecule has 0 spiro atoms. The first kappa shape index (κ1) is 17.0. The van der Waals surface area contributed by atoms with Crippen molar-refractivity contribution in [2.24, 2.45) is 0 Å². The van der Waals surface area contributed by atoms with Gasteiger partial charge in [-0.1, -0.05) is 0 Å². The Morgan fingerprint density at radius 1 is 0.762 bits per heavy atom. The molecule has 5 heteroatoms. The van der Waals surface area contributed by atoms with Crippen LogP contribution in [0.3, 0.4) is 0 Å². The number of aldehydes is 2. The van der Waals surface area contributed by atoms with Gasteiger partial charge in [0.25, 0.3) is 0 Å². The Balaban J connectivity index is 2.78. The Morgan fingerprint density at radius 3 is 1.57 bits per heavy atom. The first-order valence-electron chi connectivity index (χ1n) is 7.24. The highest BCUT2D eigenvalue weighted by molar-refractivity contribution is 5.56. The van der Waals surface area contributed by atoms with E-state index in [9.17, 15) is 24.9 Å². The summed E-state index contributed by atoms with van der Waals surface area (Å²) in [6.07, 6.45) is 6.24. The van der Waals surface area contributed by atoms with Gasteiger partial charge in [0.2, 0.25) is 0 Å². The van der Waals surface area contributed by atoms with E-state index in [2.05, 4.69) is 0 Å². The van der Waals surface area contributed by atoms with Gasteiger partial charge in [0, 0.05) is 30.0 Å². The maximum absolute atomic E-state index is 10.3. The van der Waals surface area contributed by atoms with Gasteiger partial charge < -0.3 is 24.9 Å². The van der Waals surface area contributed by atoms with E-state index in [1.807, 2.05) is 0 Å². The molecule has 0 saturated heterocycles. The van der Waals surface area contributed by atoms with Gasteiger partial charge in [-0.05, 0) is 38.5 Å². The van der Waals surface area contributed by atoms with Crippen molar-refractivity contribution < 1.29 is 24.9 Å². The molecule has 0 fully saturated rings. The van der Waals surface area contributed by atoms with E-state index in [0.29, 0.717) is 62.5 Å². The second kappa shape index (κ2) is 9.00. The molecule has 0 atom stereocenters. The number of hydrogen-bond donors (Lipinski definition) is 3. The van der Waals surface area contributed by atoms with Crippen molar-refractivity contribution in [3.63, 3.8) is 0 Å². The Kier molecular flexibility index (Phi) is 7.29. The fourth-order valence-electron chi connectivity index (χ4n) is 2.28. The number of phenolic OH excluding ortho intramolecular Hbond substituents is 3. The minimum Gasteiger partial charge on any atom is -0.507 e. The van der Waals surface area contributed by atoms with Crippen molar-refractivity contribution in [2.75, 3.05) is 0 Å². The van der Waals surface area contributed by atoms with Crippen LogP contribution in [0.2, 0.25) is 0 Å². The van der Waals surface area contributed by atoms with Gasteiger partial charge in [0.05, 0.1) is 0 Å². The molecule has 0 aliphatic carbocycles. The lowest BCUT2D eigenvalue weighted by Crippen LogP contribution is -1.95. The van der Waals surface area contributed by atoms with Crippen LogP contribution >= 0.6 is 0 Å². The van der Waals surface area contributed by atoms with Gasteiger partial charge in [-0.15, -0.1) is 0 Å². The van der Waals surface area contributed by atoms with Gasteiger partial charge in [-0.3, -0.25) is 0 Å². The van der Waals surface area contributed by atoms with E-state index in [0.717, 1.165) is 12.6 Å². The summed E-state index contributed by atoms with van der Waals surface area (Å²) in [5, 5.41) is 29.9. The number of benzene rings is 1. The molecular formula is C16H22O5. The predicted molar refractivity (Wildman–Crippen MR) is 78.7 cm³/mol. The molecule has 5 nitrogen and oxygen atoms in total. The number of phenols is 3. The fraction of sp³-hybridized carbons (Fsp3) is 0.500. The monoisotopic (exact) mass is 294 g/mol. The van der Waals surface area contributed by atoms with Crippen LogP contribution in [0.25, 0.3) is 0 Å². The molecule has 3 N–H and O–H groups in total. The molecule has 21 heavy (non-hydrogen) atoms. The smallest absolute Gasteiger partial charge is 0.129 e. The van der Waals surface area contributed by atoms with Crippen molar-refractivity contribution in [2.45, 2.75) is 51.4 Å². The average molecular weight is 294 g/mol.